The zero-order valence-corrected chi connectivity index (χ0v) is 14.2. The minimum Gasteiger partial charge on any atom is -0.326 e. The van der Waals surface area contributed by atoms with E-state index in [9.17, 15) is 8.42 Å². The highest BCUT2D eigenvalue weighted by Crippen LogP contribution is 2.32. The maximum absolute atomic E-state index is 12.8. The molecule has 1 heterocycles. The molecule has 2 rings (SSSR count). The van der Waals surface area contributed by atoms with E-state index in [1.807, 2.05) is 7.05 Å². The van der Waals surface area contributed by atoms with Crippen LogP contribution in [0.1, 0.15) is 12.0 Å². The number of halogens is 2. The van der Waals surface area contributed by atoms with Crippen molar-refractivity contribution in [1.82, 2.24) is 9.21 Å². The molecule has 2 N–H and O–H groups in total. The van der Waals surface area contributed by atoms with E-state index in [1.54, 1.807) is 0 Å². The van der Waals surface area contributed by atoms with E-state index in [4.69, 9.17) is 28.9 Å². The first kappa shape index (κ1) is 17.0. The molecule has 0 radical (unpaired) electrons. The highest BCUT2D eigenvalue weighted by Gasteiger charge is 2.29. The molecule has 5 nitrogen and oxygen atoms in total. The van der Waals surface area contributed by atoms with Crippen molar-refractivity contribution in [3.63, 3.8) is 0 Å². The Kier molecular flexibility index (Phi) is 5.51. The van der Waals surface area contributed by atoms with Crippen molar-refractivity contribution in [2.24, 2.45) is 5.73 Å². The predicted molar refractivity (Wildman–Crippen MR) is 85.2 cm³/mol. The van der Waals surface area contributed by atoms with Crippen molar-refractivity contribution in [3.05, 3.63) is 27.7 Å². The van der Waals surface area contributed by atoms with Gasteiger partial charge in [-0.05, 0) is 32.1 Å². The van der Waals surface area contributed by atoms with Gasteiger partial charge in [0.2, 0.25) is 10.0 Å². The van der Waals surface area contributed by atoms with Gasteiger partial charge in [0.05, 0.1) is 5.02 Å². The summed E-state index contributed by atoms with van der Waals surface area (Å²) in [6.45, 7) is 2.63. The van der Waals surface area contributed by atoms with Crippen LogP contribution in [-0.4, -0.2) is 50.8 Å². The van der Waals surface area contributed by atoms with Gasteiger partial charge in [-0.2, -0.15) is 4.31 Å². The van der Waals surface area contributed by atoms with Crippen molar-refractivity contribution in [1.29, 1.82) is 0 Å². The summed E-state index contributed by atoms with van der Waals surface area (Å²) in [5, 5.41) is 0.514. The molecule has 1 fully saturated rings. The molecule has 0 unspecified atom stereocenters. The minimum atomic E-state index is -3.63. The summed E-state index contributed by atoms with van der Waals surface area (Å²) in [4.78, 5) is 2.20. The number of sulfonamides is 1. The van der Waals surface area contributed by atoms with Gasteiger partial charge in [0.1, 0.15) is 4.90 Å². The molecule has 1 aromatic rings. The zero-order chi connectivity index (χ0) is 15.6. The fraction of sp³-hybridized carbons (Fsp3) is 0.538. The Labute approximate surface area is 135 Å². The van der Waals surface area contributed by atoms with Gasteiger partial charge in [0.25, 0.3) is 0 Å². The number of benzene rings is 1. The summed E-state index contributed by atoms with van der Waals surface area (Å²) in [5.41, 5.74) is 6.07. The van der Waals surface area contributed by atoms with Crippen LogP contribution in [0.3, 0.4) is 0 Å². The summed E-state index contributed by atoms with van der Waals surface area (Å²) in [6, 6.07) is 2.99. The molecule has 21 heavy (non-hydrogen) atoms. The summed E-state index contributed by atoms with van der Waals surface area (Å²) in [5.74, 6) is 0. The standard InChI is InChI=1S/C13H19Cl2N3O2S/c1-17-5-2-6-18(8-7-17)21(19,20)12-4-3-11(14)10(9-16)13(12)15/h3-4H,2,5-9,16H2,1H3. The van der Waals surface area contributed by atoms with Gasteiger partial charge >= 0.3 is 0 Å². The second kappa shape index (κ2) is 6.81. The van der Waals surface area contributed by atoms with E-state index in [0.29, 0.717) is 30.2 Å². The lowest BCUT2D eigenvalue weighted by molar-refractivity contribution is 0.347. The fourth-order valence-corrected chi connectivity index (χ4v) is 4.74. The van der Waals surface area contributed by atoms with Gasteiger partial charge in [-0.3, -0.25) is 0 Å². The van der Waals surface area contributed by atoms with Crippen LogP contribution in [0, 0.1) is 0 Å². The lowest BCUT2D eigenvalue weighted by Crippen LogP contribution is -2.34. The van der Waals surface area contributed by atoms with Crippen LogP contribution < -0.4 is 5.73 Å². The monoisotopic (exact) mass is 351 g/mol. The highest BCUT2D eigenvalue weighted by atomic mass is 35.5. The van der Waals surface area contributed by atoms with Crippen LogP contribution in [0.2, 0.25) is 10.0 Å². The van der Waals surface area contributed by atoms with Crippen LogP contribution in [0.4, 0.5) is 0 Å². The normalized spacial score (nSPS) is 18.7. The van der Waals surface area contributed by atoms with E-state index in [-0.39, 0.29) is 16.5 Å². The van der Waals surface area contributed by atoms with Crippen molar-refractivity contribution in [2.45, 2.75) is 17.9 Å². The molecule has 1 aromatic carbocycles. The molecule has 0 bridgehead atoms. The molecule has 1 saturated heterocycles. The number of nitrogens with zero attached hydrogens (tertiary/aromatic N) is 2. The molecule has 0 atom stereocenters. The largest absolute Gasteiger partial charge is 0.326 e. The van der Waals surface area contributed by atoms with Gasteiger partial charge in [-0.25, -0.2) is 8.42 Å². The van der Waals surface area contributed by atoms with E-state index < -0.39 is 10.0 Å². The van der Waals surface area contributed by atoms with E-state index in [2.05, 4.69) is 4.90 Å². The maximum Gasteiger partial charge on any atom is 0.244 e. The van der Waals surface area contributed by atoms with Gasteiger partial charge in [-0.15, -0.1) is 0 Å². The van der Waals surface area contributed by atoms with Gasteiger partial charge in [-0.1, -0.05) is 23.2 Å². The lowest BCUT2D eigenvalue weighted by Gasteiger charge is -2.21. The van der Waals surface area contributed by atoms with Crippen LogP contribution in [0.5, 0.6) is 0 Å². The number of likely N-dealkylation sites (N-methyl/N-ethyl adjacent to an activating group) is 1. The fourth-order valence-electron chi connectivity index (χ4n) is 2.36. The Morgan fingerprint density at radius 3 is 2.57 bits per heavy atom. The zero-order valence-electron chi connectivity index (χ0n) is 11.8. The number of rotatable bonds is 3. The third-order valence-electron chi connectivity index (χ3n) is 3.65. The average Bonchev–Trinajstić information content (AvgIpc) is 2.64. The molecular weight excluding hydrogens is 333 g/mol. The van der Waals surface area contributed by atoms with E-state index in [0.717, 1.165) is 13.0 Å². The summed E-state index contributed by atoms with van der Waals surface area (Å²) < 4.78 is 27.1. The first-order chi connectivity index (χ1) is 9.87. The van der Waals surface area contributed by atoms with Gasteiger partial charge in [0.15, 0.2) is 0 Å². The van der Waals surface area contributed by atoms with E-state index in [1.165, 1.54) is 16.4 Å². The molecule has 0 amide bonds. The van der Waals surface area contributed by atoms with Crippen LogP contribution in [-0.2, 0) is 16.6 Å². The smallest absolute Gasteiger partial charge is 0.244 e. The Balaban J connectivity index is 2.40. The van der Waals surface area contributed by atoms with Crippen LogP contribution in [0.15, 0.2) is 17.0 Å². The van der Waals surface area contributed by atoms with E-state index >= 15 is 0 Å². The topological polar surface area (TPSA) is 66.6 Å². The summed E-state index contributed by atoms with van der Waals surface area (Å²) >= 11 is 12.2. The molecule has 0 spiro atoms. The molecule has 1 aliphatic heterocycles. The first-order valence-corrected chi connectivity index (χ1v) is 8.93. The third kappa shape index (κ3) is 3.52. The van der Waals surface area contributed by atoms with Crippen LogP contribution in [0.25, 0.3) is 0 Å². The van der Waals surface area contributed by atoms with Crippen molar-refractivity contribution >= 4 is 33.2 Å². The Hall–Kier alpha value is -0.370. The SMILES string of the molecule is CN1CCCN(S(=O)(=O)c2ccc(Cl)c(CN)c2Cl)CC1. The summed E-state index contributed by atoms with van der Waals surface area (Å²) in [6.07, 6.45) is 0.796. The molecule has 0 aromatic heterocycles. The Bertz CT molecular complexity index is 622. The first-order valence-electron chi connectivity index (χ1n) is 6.73. The molecular formula is C13H19Cl2N3O2S. The number of hydrogen-bond acceptors (Lipinski definition) is 4. The predicted octanol–water partition coefficient (Wildman–Crippen LogP) is 1.78. The van der Waals surface area contributed by atoms with Crippen LogP contribution >= 0.6 is 23.2 Å². The maximum atomic E-state index is 12.8. The second-order valence-corrected chi connectivity index (χ2v) is 7.79. The van der Waals surface area contributed by atoms with Crippen molar-refractivity contribution in [2.75, 3.05) is 33.2 Å². The van der Waals surface area contributed by atoms with Gasteiger partial charge < -0.3 is 10.6 Å². The third-order valence-corrected chi connectivity index (χ3v) is 6.49. The average molecular weight is 352 g/mol. The molecule has 118 valence electrons. The molecule has 0 saturated carbocycles. The minimum absolute atomic E-state index is 0.0820. The van der Waals surface area contributed by atoms with Gasteiger partial charge in [0, 0.05) is 36.8 Å². The molecule has 8 heteroatoms. The Morgan fingerprint density at radius 1 is 1.19 bits per heavy atom. The summed E-state index contributed by atoms with van der Waals surface area (Å²) in [7, 11) is -1.64. The molecule has 0 aliphatic carbocycles. The van der Waals surface area contributed by atoms with Crippen molar-refractivity contribution in [3.8, 4) is 0 Å². The second-order valence-electron chi connectivity index (χ2n) is 5.10. The Morgan fingerprint density at radius 2 is 1.90 bits per heavy atom. The lowest BCUT2D eigenvalue weighted by atomic mass is 10.2. The number of hydrogen-bond donors (Lipinski definition) is 1. The quantitative estimate of drug-likeness (QED) is 0.901. The highest BCUT2D eigenvalue weighted by molar-refractivity contribution is 7.89. The number of nitrogens with two attached hydrogens (primary N) is 1. The van der Waals surface area contributed by atoms with Crippen molar-refractivity contribution < 1.29 is 8.42 Å². The molecule has 1 aliphatic rings.